The molecule has 118 valence electrons. The average molecular weight is 314 g/mol. The van der Waals surface area contributed by atoms with Gasteiger partial charge < -0.3 is 15.0 Å². The number of aromatic nitrogens is 1. The number of halogens is 3. The fourth-order valence-corrected chi connectivity index (χ4v) is 2.25. The number of fused-ring (bicyclic) bond motifs is 1. The van der Waals surface area contributed by atoms with E-state index in [-0.39, 0.29) is 6.42 Å². The normalized spacial score (nSPS) is 13.1. The van der Waals surface area contributed by atoms with Crippen molar-refractivity contribution in [2.75, 3.05) is 0 Å². The highest BCUT2D eigenvalue weighted by atomic mass is 19.4. The zero-order chi connectivity index (χ0) is 16.5. The average Bonchev–Trinajstić information content (AvgIpc) is 2.74. The summed E-state index contributed by atoms with van der Waals surface area (Å²) in [6, 6.07) is 5.44. The van der Waals surface area contributed by atoms with Crippen LogP contribution in [0.25, 0.3) is 10.9 Å². The largest absolute Gasteiger partial charge is 0.480 e. The van der Waals surface area contributed by atoms with Crippen LogP contribution in [0, 0.1) is 0 Å². The smallest absolute Gasteiger partial charge is 0.471 e. The molecule has 2 rings (SSSR count). The van der Waals surface area contributed by atoms with Crippen molar-refractivity contribution < 1.29 is 27.9 Å². The van der Waals surface area contributed by atoms with Gasteiger partial charge in [0.25, 0.3) is 0 Å². The van der Waals surface area contributed by atoms with Gasteiger partial charge in [-0.1, -0.05) is 18.2 Å². The lowest BCUT2D eigenvalue weighted by molar-refractivity contribution is -0.175. The standard InChI is InChI=1S/C14H13F3N2O3/c1-19-7-8(9-4-2-3-5-11(9)19)6-10(12(20)21)18-13(22)14(15,16)17/h2-5,7,10H,6H2,1H3,(H,18,22)(H,20,21)/t10-/m0/s1. The SMILES string of the molecule is Cn1cc(C[C@H](NC(=O)C(F)(F)F)C(=O)O)c2ccccc21. The van der Waals surface area contributed by atoms with Gasteiger partial charge in [-0.3, -0.25) is 4.79 Å². The Morgan fingerprint density at radius 2 is 1.95 bits per heavy atom. The van der Waals surface area contributed by atoms with Crippen molar-refractivity contribution in [1.29, 1.82) is 0 Å². The van der Waals surface area contributed by atoms with Crippen molar-refractivity contribution in [2.45, 2.75) is 18.6 Å². The molecule has 5 nitrogen and oxygen atoms in total. The van der Waals surface area contributed by atoms with Gasteiger partial charge in [0.1, 0.15) is 6.04 Å². The van der Waals surface area contributed by atoms with Crippen molar-refractivity contribution in [3.63, 3.8) is 0 Å². The van der Waals surface area contributed by atoms with E-state index < -0.39 is 24.1 Å². The predicted molar refractivity (Wildman–Crippen MR) is 72.2 cm³/mol. The maximum Gasteiger partial charge on any atom is 0.471 e. The number of carbonyl (C=O) groups excluding carboxylic acids is 1. The van der Waals surface area contributed by atoms with E-state index in [0.717, 1.165) is 10.9 Å². The highest BCUT2D eigenvalue weighted by Crippen LogP contribution is 2.22. The Morgan fingerprint density at radius 1 is 1.32 bits per heavy atom. The Balaban J connectivity index is 2.28. The molecule has 0 saturated carbocycles. The molecule has 1 atom stereocenters. The third kappa shape index (κ3) is 3.21. The Kier molecular flexibility index (Phi) is 4.11. The maximum atomic E-state index is 12.3. The van der Waals surface area contributed by atoms with Gasteiger partial charge in [0, 0.05) is 30.6 Å². The highest BCUT2D eigenvalue weighted by Gasteiger charge is 2.40. The summed E-state index contributed by atoms with van der Waals surface area (Å²) in [6.45, 7) is 0. The van der Waals surface area contributed by atoms with Crippen LogP contribution in [-0.2, 0) is 23.1 Å². The van der Waals surface area contributed by atoms with Crippen LogP contribution in [0.15, 0.2) is 30.5 Å². The number of hydrogen-bond acceptors (Lipinski definition) is 2. The number of alkyl halides is 3. The minimum Gasteiger partial charge on any atom is -0.480 e. The molecule has 1 aromatic heterocycles. The highest BCUT2D eigenvalue weighted by molar-refractivity contribution is 5.88. The lowest BCUT2D eigenvalue weighted by atomic mass is 10.0. The molecule has 0 unspecified atom stereocenters. The number of benzene rings is 1. The van der Waals surface area contributed by atoms with Crippen LogP contribution < -0.4 is 5.32 Å². The number of hydrogen-bond donors (Lipinski definition) is 2. The van der Waals surface area contributed by atoms with E-state index in [1.807, 2.05) is 6.07 Å². The van der Waals surface area contributed by atoms with Crippen LogP contribution in [-0.4, -0.2) is 33.8 Å². The molecule has 1 amide bonds. The number of carboxylic acids is 1. The molecule has 0 saturated heterocycles. The van der Waals surface area contributed by atoms with Crippen molar-refractivity contribution in [1.82, 2.24) is 9.88 Å². The number of carbonyl (C=O) groups is 2. The first-order valence-corrected chi connectivity index (χ1v) is 6.33. The predicted octanol–water partition coefficient (Wildman–Crippen LogP) is 1.85. The topological polar surface area (TPSA) is 71.3 Å². The molecular weight excluding hydrogens is 301 g/mol. The molecule has 2 aromatic rings. The first-order valence-electron chi connectivity index (χ1n) is 6.33. The zero-order valence-electron chi connectivity index (χ0n) is 11.5. The molecule has 0 spiro atoms. The molecule has 2 N–H and O–H groups in total. The van der Waals surface area contributed by atoms with Crippen LogP contribution in [0.5, 0.6) is 0 Å². The Labute approximate surface area is 123 Å². The number of amides is 1. The molecule has 0 aliphatic rings. The second-order valence-electron chi connectivity index (χ2n) is 4.85. The number of aliphatic carboxylic acids is 1. The van der Waals surface area contributed by atoms with Gasteiger partial charge in [0.2, 0.25) is 0 Å². The van der Waals surface area contributed by atoms with Gasteiger partial charge in [-0.15, -0.1) is 0 Å². The monoisotopic (exact) mass is 314 g/mol. The van der Waals surface area contributed by atoms with Crippen LogP contribution in [0.2, 0.25) is 0 Å². The van der Waals surface area contributed by atoms with Crippen molar-refractivity contribution in [2.24, 2.45) is 7.05 Å². The Bertz CT molecular complexity index is 722. The number of nitrogens with zero attached hydrogens (tertiary/aromatic N) is 1. The lowest BCUT2D eigenvalue weighted by Crippen LogP contribution is -2.47. The first-order chi connectivity index (χ1) is 10.2. The van der Waals surface area contributed by atoms with Gasteiger partial charge in [0.15, 0.2) is 0 Å². The number of rotatable bonds is 4. The fraction of sp³-hybridized carbons (Fsp3) is 0.286. The van der Waals surface area contributed by atoms with Crippen LogP contribution >= 0.6 is 0 Å². The number of para-hydroxylation sites is 1. The second kappa shape index (κ2) is 5.70. The van der Waals surface area contributed by atoms with E-state index in [1.54, 1.807) is 36.0 Å². The molecule has 0 aliphatic heterocycles. The van der Waals surface area contributed by atoms with E-state index in [0.29, 0.717) is 5.56 Å². The van der Waals surface area contributed by atoms with E-state index in [9.17, 15) is 22.8 Å². The summed E-state index contributed by atoms with van der Waals surface area (Å²) >= 11 is 0. The summed E-state index contributed by atoms with van der Waals surface area (Å²) in [7, 11) is 1.75. The quantitative estimate of drug-likeness (QED) is 0.905. The summed E-state index contributed by atoms with van der Waals surface area (Å²) < 4.78 is 38.5. The third-order valence-corrected chi connectivity index (χ3v) is 3.26. The molecule has 22 heavy (non-hydrogen) atoms. The molecule has 1 aromatic carbocycles. The van der Waals surface area contributed by atoms with Crippen molar-refractivity contribution >= 4 is 22.8 Å². The van der Waals surface area contributed by atoms with Crippen LogP contribution in [0.4, 0.5) is 13.2 Å². The molecule has 0 aliphatic carbocycles. The summed E-state index contributed by atoms with van der Waals surface area (Å²) in [6.07, 6.45) is -3.72. The number of carboxylic acid groups (broad SMARTS) is 1. The minimum atomic E-state index is -5.12. The van der Waals surface area contributed by atoms with Gasteiger partial charge in [-0.05, 0) is 11.6 Å². The molecule has 1 heterocycles. The zero-order valence-corrected chi connectivity index (χ0v) is 11.5. The van der Waals surface area contributed by atoms with Crippen LogP contribution in [0.1, 0.15) is 5.56 Å². The summed E-state index contributed by atoms with van der Waals surface area (Å²) in [5.41, 5.74) is 1.37. The van der Waals surface area contributed by atoms with Gasteiger partial charge >= 0.3 is 18.1 Å². The van der Waals surface area contributed by atoms with Gasteiger partial charge in [-0.25, -0.2) is 4.79 Å². The molecule has 8 heteroatoms. The third-order valence-electron chi connectivity index (χ3n) is 3.26. The van der Waals surface area contributed by atoms with E-state index >= 15 is 0 Å². The maximum absolute atomic E-state index is 12.3. The van der Waals surface area contributed by atoms with E-state index in [1.165, 1.54) is 5.32 Å². The molecule has 0 radical (unpaired) electrons. The fourth-order valence-electron chi connectivity index (χ4n) is 2.25. The minimum absolute atomic E-state index is 0.238. The number of aryl methyl sites for hydroxylation is 1. The first kappa shape index (κ1) is 15.9. The van der Waals surface area contributed by atoms with Gasteiger partial charge in [-0.2, -0.15) is 13.2 Å². The van der Waals surface area contributed by atoms with Crippen LogP contribution in [0.3, 0.4) is 0 Å². The summed E-state index contributed by atoms with van der Waals surface area (Å²) in [5, 5.41) is 11.3. The number of nitrogens with one attached hydrogen (secondary N) is 1. The molecule has 0 fully saturated rings. The van der Waals surface area contributed by atoms with Gasteiger partial charge in [0.05, 0.1) is 0 Å². The Morgan fingerprint density at radius 3 is 2.55 bits per heavy atom. The van der Waals surface area contributed by atoms with E-state index in [2.05, 4.69) is 0 Å². The van der Waals surface area contributed by atoms with Crippen molar-refractivity contribution in [3.05, 3.63) is 36.0 Å². The van der Waals surface area contributed by atoms with E-state index in [4.69, 9.17) is 5.11 Å². The Hall–Kier alpha value is -2.51. The second-order valence-corrected chi connectivity index (χ2v) is 4.85. The van der Waals surface area contributed by atoms with Crippen molar-refractivity contribution in [3.8, 4) is 0 Å². The molecular formula is C14H13F3N2O3. The summed E-state index contributed by atoms with van der Waals surface area (Å²) in [4.78, 5) is 22.1. The molecule has 0 bridgehead atoms. The lowest BCUT2D eigenvalue weighted by Gasteiger charge is -2.15. The summed E-state index contributed by atoms with van der Waals surface area (Å²) in [5.74, 6) is -3.79.